The Morgan fingerprint density at radius 3 is 3.05 bits per heavy atom. The first-order chi connectivity index (χ1) is 9.72. The number of halogens is 2. The summed E-state index contributed by atoms with van der Waals surface area (Å²) in [6.45, 7) is 0.363. The number of hydrogen-bond acceptors (Lipinski definition) is 4. The summed E-state index contributed by atoms with van der Waals surface area (Å²) in [5.41, 5.74) is 3.35. The Morgan fingerprint density at radius 1 is 1.25 bits per heavy atom. The molecule has 0 amide bonds. The van der Waals surface area contributed by atoms with Gasteiger partial charge in [0.1, 0.15) is 23.6 Å². The van der Waals surface area contributed by atoms with Crippen molar-refractivity contribution < 1.29 is 9.13 Å². The fourth-order valence-corrected chi connectivity index (χ4v) is 2.76. The van der Waals surface area contributed by atoms with Crippen molar-refractivity contribution in [1.29, 1.82) is 0 Å². The molecule has 1 aliphatic heterocycles. The summed E-state index contributed by atoms with van der Waals surface area (Å²) in [4.78, 5) is 13.2. The molecule has 0 spiro atoms. The van der Waals surface area contributed by atoms with E-state index in [0.717, 1.165) is 11.3 Å². The van der Waals surface area contributed by atoms with Gasteiger partial charge in [-0.05, 0) is 34.1 Å². The van der Waals surface area contributed by atoms with Gasteiger partial charge < -0.3 is 4.74 Å². The third kappa shape index (κ3) is 1.68. The summed E-state index contributed by atoms with van der Waals surface area (Å²) in [6.07, 6.45) is 1.71. The van der Waals surface area contributed by atoms with E-state index in [4.69, 9.17) is 4.74 Å². The van der Waals surface area contributed by atoms with Gasteiger partial charge in [-0.1, -0.05) is 0 Å². The highest BCUT2D eigenvalue weighted by atomic mass is 79.9. The molecule has 0 saturated heterocycles. The normalized spacial score (nSPS) is 12.7. The van der Waals surface area contributed by atoms with Crippen LogP contribution in [0.2, 0.25) is 0 Å². The molecular formula is C14H7BrFN3O. The Bertz CT molecular complexity index is 853. The van der Waals surface area contributed by atoms with Crippen LogP contribution in [0.5, 0.6) is 5.88 Å². The third-order valence-electron chi connectivity index (χ3n) is 3.15. The molecule has 0 unspecified atom stereocenters. The zero-order chi connectivity index (χ0) is 13.7. The molecule has 0 N–H and O–H groups in total. The van der Waals surface area contributed by atoms with Crippen molar-refractivity contribution in [2.45, 2.75) is 6.61 Å². The SMILES string of the molecule is Fc1cc(Br)c2nc3c(nc2c1)-c1cccnc1CO3. The minimum Gasteiger partial charge on any atom is -0.470 e. The number of hydrogen-bond donors (Lipinski definition) is 0. The van der Waals surface area contributed by atoms with Crippen LogP contribution in [0.25, 0.3) is 22.3 Å². The lowest BCUT2D eigenvalue weighted by atomic mass is 10.1. The fourth-order valence-electron chi connectivity index (χ4n) is 2.25. The zero-order valence-electron chi connectivity index (χ0n) is 10.1. The standard InChI is InChI=1S/C14H7BrFN3O/c15-9-4-7(16)5-10-13(9)19-14-12(18-10)8-2-1-3-17-11(8)6-20-14/h1-5H,6H2. The van der Waals surface area contributed by atoms with Gasteiger partial charge in [-0.2, -0.15) is 0 Å². The van der Waals surface area contributed by atoms with Crippen LogP contribution in [-0.4, -0.2) is 15.0 Å². The third-order valence-corrected chi connectivity index (χ3v) is 3.75. The first kappa shape index (κ1) is 11.7. The maximum absolute atomic E-state index is 13.5. The van der Waals surface area contributed by atoms with E-state index < -0.39 is 0 Å². The summed E-state index contributed by atoms with van der Waals surface area (Å²) >= 11 is 3.30. The molecule has 4 nitrogen and oxygen atoms in total. The minimum atomic E-state index is -0.359. The smallest absolute Gasteiger partial charge is 0.241 e. The number of pyridine rings is 1. The van der Waals surface area contributed by atoms with Gasteiger partial charge in [0.05, 0.1) is 11.2 Å². The molecule has 2 aromatic heterocycles. The Labute approximate surface area is 121 Å². The molecule has 98 valence electrons. The maximum atomic E-state index is 13.5. The minimum absolute atomic E-state index is 0.359. The molecule has 3 heterocycles. The molecule has 0 aliphatic carbocycles. The average Bonchev–Trinajstić information content (AvgIpc) is 2.45. The van der Waals surface area contributed by atoms with Crippen LogP contribution in [0.4, 0.5) is 4.39 Å². The van der Waals surface area contributed by atoms with Crippen LogP contribution in [0, 0.1) is 5.82 Å². The van der Waals surface area contributed by atoms with Gasteiger partial charge >= 0.3 is 0 Å². The Balaban J connectivity index is 2.06. The van der Waals surface area contributed by atoms with Crippen molar-refractivity contribution in [2.75, 3.05) is 0 Å². The highest BCUT2D eigenvalue weighted by molar-refractivity contribution is 9.10. The van der Waals surface area contributed by atoms with Crippen molar-refractivity contribution >= 4 is 27.0 Å². The van der Waals surface area contributed by atoms with Crippen LogP contribution < -0.4 is 4.74 Å². The topological polar surface area (TPSA) is 47.9 Å². The molecule has 0 saturated carbocycles. The van der Waals surface area contributed by atoms with Crippen molar-refractivity contribution in [3.8, 4) is 17.1 Å². The van der Waals surface area contributed by atoms with Crippen LogP contribution in [0.15, 0.2) is 34.9 Å². The second-order valence-electron chi connectivity index (χ2n) is 4.42. The van der Waals surface area contributed by atoms with Gasteiger partial charge in [0.2, 0.25) is 5.88 Å². The summed E-state index contributed by atoms with van der Waals surface area (Å²) in [6, 6.07) is 6.47. The van der Waals surface area contributed by atoms with Crippen LogP contribution >= 0.6 is 15.9 Å². The van der Waals surface area contributed by atoms with Gasteiger partial charge in [-0.15, -0.1) is 0 Å². The van der Waals surface area contributed by atoms with E-state index in [1.54, 1.807) is 6.20 Å². The van der Waals surface area contributed by atoms with E-state index in [-0.39, 0.29) is 5.82 Å². The van der Waals surface area contributed by atoms with Crippen molar-refractivity contribution in [2.24, 2.45) is 0 Å². The number of benzene rings is 1. The van der Waals surface area contributed by atoms with Gasteiger partial charge in [-0.25, -0.2) is 14.4 Å². The van der Waals surface area contributed by atoms with E-state index in [9.17, 15) is 4.39 Å². The largest absolute Gasteiger partial charge is 0.470 e. The predicted octanol–water partition coefficient (Wildman–Crippen LogP) is 3.49. The summed E-state index contributed by atoms with van der Waals surface area (Å²) in [7, 11) is 0. The summed E-state index contributed by atoms with van der Waals surface area (Å²) < 4.78 is 19.6. The van der Waals surface area contributed by atoms with Crippen LogP contribution in [0.1, 0.15) is 5.69 Å². The number of fused-ring (bicyclic) bond motifs is 4. The Morgan fingerprint density at radius 2 is 2.15 bits per heavy atom. The van der Waals surface area contributed by atoms with Crippen LogP contribution in [-0.2, 0) is 6.61 Å². The lowest BCUT2D eigenvalue weighted by molar-refractivity contribution is 0.285. The molecule has 0 bridgehead atoms. The molecule has 0 atom stereocenters. The van der Waals surface area contributed by atoms with E-state index in [0.29, 0.717) is 33.7 Å². The van der Waals surface area contributed by atoms with Crippen LogP contribution in [0.3, 0.4) is 0 Å². The Kier molecular flexibility index (Phi) is 2.47. The van der Waals surface area contributed by atoms with E-state index in [2.05, 4.69) is 30.9 Å². The van der Waals surface area contributed by atoms with Gasteiger partial charge in [-0.3, -0.25) is 4.98 Å². The molecule has 0 radical (unpaired) electrons. The fraction of sp³-hybridized carbons (Fsp3) is 0.0714. The first-order valence-corrected chi connectivity index (χ1v) is 6.75. The molecule has 20 heavy (non-hydrogen) atoms. The molecule has 1 aromatic carbocycles. The van der Waals surface area contributed by atoms with Crippen molar-refractivity contribution in [3.05, 3.63) is 46.4 Å². The lowest BCUT2D eigenvalue weighted by Gasteiger charge is -2.18. The quantitative estimate of drug-likeness (QED) is 0.632. The highest BCUT2D eigenvalue weighted by Crippen LogP contribution is 2.36. The van der Waals surface area contributed by atoms with E-state index in [1.807, 2.05) is 12.1 Å². The predicted molar refractivity (Wildman–Crippen MR) is 74.8 cm³/mol. The monoisotopic (exact) mass is 331 g/mol. The molecule has 3 aromatic rings. The number of ether oxygens (including phenoxy) is 1. The summed E-state index contributed by atoms with van der Waals surface area (Å²) in [5, 5.41) is 0. The van der Waals surface area contributed by atoms with Gasteiger partial charge in [0, 0.05) is 22.3 Å². The lowest BCUT2D eigenvalue weighted by Crippen LogP contribution is -2.10. The maximum Gasteiger partial charge on any atom is 0.241 e. The molecule has 0 fully saturated rings. The summed E-state index contributed by atoms with van der Waals surface area (Å²) in [5.74, 6) is 0.0899. The molecular weight excluding hydrogens is 325 g/mol. The van der Waals surface area contributed by atoms with Gasteiger partial charge in [0.25, 0.3) is 0 Å². The molecule has 1 aliphatic rings. The zero-order valence-corrected chi connectivity index (χ0v) is 11.7. The average molecular weight is 332 g/mol. The van der Waals surface area contributed by atoms with Crippen molar-refractivity contribution in [1.82, 2.24) is 15.0 Å². The number of aromatic nitrogens is 3. The highest BCUT2D eigenvalue weighted by Gasteiger charge is 2.22. The van der Waals surface area contributed by atoms with E-state index in [1.165, 1.54) is 12.1 Å². The number of nitrogens with zero attached hydrogens (tertiary/aromatic N) is 3. The second kappa shape index (κ2) is 4.21. The first-order valence-electron chi connectivity index (χ1n) is 5.96. The molecule has 6 heteroatoms. The second-order valence-corrected chi connectivity index (χ2v) is 5.27. The van der Waals surface area contributed by atoms with E-state index >= 15 is 0 Å². The van der Waals surface area contributed by atoms with Gasteiger partial charge in [0.15, 0.2) is 0 Å². The number of rotatable bonds is 0. The Hall–Kier alpha value is -2.08. The van der Waals surface area contributed by atoms with Crippen molar-refractivity contribution in [3.63, 3.8) is 0 Å². The molecule has 4 rings (SSSR count).